The highest BCUT2D eigenvalue weighted by molar-refractivity contribution is 5.80. The third-order valence-corrected chi connectivity index (χ3v) is 4.60. The van der Waals surface area contributed by atoms with E-state index in [2.05, 4.69) is 13.8 Å². The Morgan fingerprint density at radius 3 is 2.56 bits per heavy atom. The molecule has 0 heterocycles. The summed E-state index contributed by atoms with van der Waals surface area (Å²) < 4.78 is 5.69. The van der Waals surface area contributed by atoms with Crippen molar-refractivity contribution < 1.29 is 9.53 Å². The van der Waals surface area contributed by atoms with Gasteiger partial charge in [-0.2, -0.15) is 0 Å². The molecule has 3 nitrogen and oxygen atoms in total. The maximum atomic E-state index is 12.3. The summed E-state index contributed by atoms with van der Waals surface area (Å²) in [6.45, 7) is 4.41. The van der Waals surface area contributed by atoms with Crippen LogP contribution in [0.4, 0.5) is 0 Å². The average Bonchev–Trinajstić information content (AvgIpc) is 2.28. The zero-order valence-corrected chi connectivity index (χ0v) is 11.8. The molecule has 2 saturated carbocycles. The molecular weight excluding hydrogens is 226 g/mol. The molecule has 0 aromatic carbocycles. The van der Waals surface area contributed by atoms with Gasteiger partial charge in [0, 0.05) is 0 Å². The quantitative estimate of drug-likeness (QED) is 0.770. The minimum absolute atomic E-state index is 0.110. The third-order valence-electron chi connectivity index (χ3n) is 4.60. The molecule has 3 heteroatoms. The SMILES string of the molecule is CC1CCCC(OC(=O)C2(N)CCCC(C)C2)C1. The van der Waals surface area contributed by atoms with Crippen LogP contribution in [0.2, 0.25) is 0 Å². The lowest BCUT2D eigenvalue weighted by atomic mass is 9.77. The molecule has 0 bridgehead atoms. The molecular formula is C15H27NO2. The normalized spacial score (nSPS) is 41.4. The van der Waals surface area contributed by atoms with E-state index in [1.165, 1.54) is 19.3 Å². The fourth-order valence-electron chi connectivity index (χ4n) is 3.53. The van der Waals surface area contributed by atoms with E-state index in [1.54, 1.807) is 0 Å². The Labute approximate surface area is 110 Å². The number of nitrogens with two attached hydrogens (primary N) is 1. The summed E-state index contributed by atoms with van der Waals surface area (Å²) in [6.07, 6.45) is 8.39. The van der Waals surface area contributed by atoms with Crippen molar-refractivity contribution in [1.29, 1.82) is 0 Å². The Morgan fingerprint density at radius 2 is 1.89 bits per heavy atom. The number of hydrogen-bond donors (Lipinski definition) is 1. The minimum atomic E-state index is -0.710. The van der Waals surface area contributed by atoms with Gasteiger partial charge in [0.25, 0.3) is 0 Å². The van der Waals surface area contributed by atoms with E-state index in [1.807, 2.05) is 0 Å². The molecule has 104 valence electrons. The molecule has 0 aromatic rings. The highest BCUT2D eigenvalue weighted by atomic mass is 16.5. The monoisotopic (exact) mass is 253 g/mol. The molecule has 0 aliphatic heterocycles. The van der Waals surface area contributed by atoms with E-state index < -0.39 is 5.54 Å². The van der Waals surface area contributed by atoms with Crippen LogP contribution in [0.1, 0.15) is 65.2 Å². The average molecular weight is 253 g/mol. The molecule has 2 aliphatic rings. The summed E-state index contributed by atoms with van der Waals surface area (Å²) in [5.74, 6) is 1.07. The largest absolute Gasteiger partial charge is 0.461 e. The van der Waals surface area contributed by atoms with Gasteiger partial charge in [-0.1, -0.05) is 33.1 Å². The molecule has 0 spiro atoms. The van der Waals surface area contributed by atoms with Gasteiger partial charge in [0.15, 0.2) is 0 Å². The molecule has 4 atom stereocenters. The second-order valence-corrected chi connectivity index (χ2v) is 6.66. The van der Waals surface area contributed by atoms with Crippen LogP contribution >= 0.6 is 0 Å². The van der Waals surface area contributed by atoms with Crippen molar-refractivity contribution in [1.82, 2.24) is 0 Å². The Bertz CT molecular complexity index is 305. The van der Waals surface area contributed by atoms with Crippen molar-refractivity contribution in [3.63, 3.8) is 0 Å². The maximum Gasteiger partial charge on any atom is 0.326 e. The lowest BCUT2D eigenvalue weighted by Gasteiger charge is -2.36. The number of carbonyl (C=O) groups is 1. The summed E-state index contributed by atoms with van der Waals surface area (Å²) in [6, 6.07) is 0. The highest BCUT2D eigenvalue weighted by Gasteiger charge is 2.40. The molecule has 2 rings (SSSR count). The molecule has 0 amide bonds. The first-order valence-electron chi connectivity index (χ1n) is 7.49. The van der Waals surface area contributed by atoms with Crippen LogP contribution < -0.4 is 5.73 Å². The van der Waals surface area contributed by atoms with Crippen molar-refractivity contribution in [2.24, 2.45) is 17.6 Å². The molecule has 0 saturated heterocycles. The maximum absolute atomic E-state index is 12.3. The first-order chi connectivity index (χ1) is 8.49. The van der Waals surface area contributed by atoms with Gasteiger partial charge in [-0.15, -0.1) is 0 Å². The van der Waals surface area contributed by atoms with Gasteiger partial charge in [0.1, 0.15) is 11.6 Å². The fraction of sp³-hybridized carbons (Fsp3) is 0.933. The molecule has 2 fully saturated rings. The van der Waals surface area contributed by atoms with Crippen molar-refractivity contribution in [2.45, 2.75) is 76.9 Å². The Morgan fingerprint density at radius 1 is 1.17 bits per heavy atom. The van der Waals surface area contributed by atoms with Crippen molar-refractivity contribution in [3.8, 4) is 0 Å². The van der Waals surface area contributed by atoms with Gasteiger partial charge < -0.3 is 10.5 Å². The van der Waals surface area contributed by atoms with Gasteiger partial charge >= 0.3 is 5.97 Å². The Balaban J connectivity index is 1.90. The third kappa shape index (κ3) is 3.25. The smallest absolute Gasteiger partial charge is 0.326 e. The first kappa shape index (κ1) is 13.9. The van der Waals surface area contributed by atoms with E-state index in [0.29, 0.717) is 11.8 Å². The van der Waals surface area contributed by atoms with Gasteiger partial charge in [-0.3, -0.25) is 4.79 Å². The van der Waals surface area contributed by atoms with Crippen molar-refractivity contribution in [3.05, 3.63) is 0 Å². The highest BCUT2D eigenvalue weighted by Crippen LogP contribution is 2.33. The van der Waals surface area contributed by atoms with Gasteiger partial charge in [0.05, 0.1) is 0 Å². The number of rotatable bonds is 2. The second kappa shape index (κ2) is 5.60. The van der Waals surface area contributed by atoms with E-state index in [0.717, 1.165) is 32.1 Å². The summed E-state index contributed by atoms with van der Waals surface area (Å²) in [7, 11) is 0. The van der Waals surface area contributed by atoms with Gasteiger partial charge in [-0.25, -0.2) is 0 Å². The predicted octanol–water partition coefficient (Wildman–Crippen LogP) is 3.02. The van der Waals surface area contributed by atoms with Crippen LogP contribution in [0, 0.1) is 11.8 Å². The first-order valence-corrected chi connectivity index (χ1v) is 7.49. The van der Waals surface area contributed by atoms with Gasteiger partial charge in [0.2, 0.25) is 0 Å². The summed E-state index contributed by atoms with van der Waals surface area (Å²) in [4.78, 5) is 12.3. The van der Waals surface area contributed by atoms with E-state index in [4.69, 9.17) is 10.5 Å². The van der Waals surface area contributed by atoms with Gasteiger partial charge in [-0.05, 0) is 43.9 Å². The van der Waals surface area contributed by atoms with E-state index in [-0.39, 0.29) is 12.1 Å². The van der Waals surface area contributed by atoms with Crippen LogP contribution in [-0.2, 0) is 9.53 Å². The van der Waals surface area contributed by atoms with Crippen LogP contribution in [0.3, 0.4) is 0 Å². The minimum Gasteiger partial charge on any atom is -0.461 e. The topological polar surface area (TPSA) is 52.3 Å². The lowest BCUT2D eigenvalue weighted by Crippen LogP contribution is -2.53. The number of esters is 1. The standard InChI is InChI=1S/C15H27NO2/c1-11-5-3-7-13(9-11)18-14(17)15(16)8-4-6-12(2)10-15/h11-13H,3-10,16H2,1-2H3. The van der Waals surface area contributed by atoms with Crippen molar-refractivity contribution in [2.75, 3.05) is 0 Å². The van der Waals surface area contributed by atoms with Crippen LogP contribution in [0.5, 0.6) is 0 Å². The fourth-order valence-corrected chi connectivity index (χ4v) is 3.53. The molecule has 0 aromatic heterocycles. The molecule has 18 heavy (non-hydrogen) atoms. The van der Waals surface area contributed by atoms with Crippen LogP contribution in [-0.4, -0.2) is 17.6 Å². The number of ether oxygens (including phenoxy) is 1. The lowest BCUT2D eigenvalue weighted by molar-refractivity contribution is -0.159. The molecule has 0 radical (unpaired) electrons. The van der Waals surface area contributed by atoms with Crippen molar-refractivity contribution >= 4 is 5.97 Å². The summed E-state index contributed by atoms with van der Waals surface area (Å²) in [5, 5.41) is 0. The molecule has 2 aliphatic carbocycles. The zero-order valence-electron chi connectivity index (χ0n) is 11.8. The zero-order chi connectivity index (χ0) is 13.2. The number of hydrogen-bond acceptors (Lipinski definition) is 3. The molecule has 2 N–H and O–H groups in total. The molecule has 4 unspecified atom stereocenters. The predicted molar refractivity (Wildman–Crippen MR) is 72.1 cm³/mol. The number of carbonyl (C=O) groups excluding carboxylic acids is 1. The Hall–Kier alpha value is -0.570. The summed E-state index contributed by atoms with van der Waals surface area (Å²) >= 11 is 0. The summed E-state index contributed by atoms with van der Waals surface area (Å²) in [5.41, 5.74) is 5.56. The second-order valence-electron chi connectivity index (χ2n) is 6.66. The van der Waals surface area contributed by atoms with Crippen LogP contribution in [0.25, 0.3) is 0 Å². The van der Waals surface area contributed by atoms with E-state index in [9.17, 15) is 4.79 Å². The van der Waals surface area contributed by atoms with Crippen LogP contribution in [0.15, 0.2) is 0 Å². The van der Waals surface area contributed by atoms with E-state index >= 15 is 0 Å². The Kier molecular flexibility index (Phi) is 4.31.